The summed E-state index contributed by atoms with van der Waals surface area (Å²) in [5, 5.41) is 3.59. The smallest absolute Gasteiger partial charge is 0.253 e. The first-order valence-corrected chi connectivity index (χ1v) is 13.7. The third-order valence-corrected chi connectivity index (χ3v) is 7.60. The second-order valence-corrected chi connectivity index (χ2v) is 11.1. The predicted molar refractivity (Wildman–Crippen MR) is 156 cm³/mol. The van der Waals surface area contributed by atoms with Gasteiger partial charge >= 0.3 is 0 Å². The summed E-state index contributed by atoms with van der Waals surface area (Å²) in [5.74, 6) is -1.16. The van der Waals surface area contributed by atoms with Gasteiger partial charge in [-0.25, -0.2) is 18.7 Å². The summed E-state index contributed by atoms with van der Waals surface area (Å²) >= 11 is 6.31. The third-order valence-electron chi connectivity index (χ3n) is 7.37. The first-order chi connectivity index (χ1) is 19.7. The van der Waals surface area contributed by atoms with Gasteiger partial charge < -0.3 is 16.0 Å². The Morgan fingerprint density at radius 1 is 1.07 bits per heavy atom. The Morgan fingerprint density at radius 3 is 2.56 bits per heavy atom. The van der Waals surface area contributed by atoms with E-state index in [-0.39, 0.29) is 29.3 Å². The fourth-order valence-electron chi connectivity index (χ4n) is 5.37. The Hall–Kier alpha value is -4.21. The van der Waals surface area contributed by atoms with Gasteiger partial charge in [0.25, 0.3) is 5.91 Å². The molecule has 7 nitrogen and oxygen atoms in total. The van der Waals surface area contributed by atoms with Crippen molar-refractivity contribution in [3.63, 3.8) is 0 Å². The van der Waals surface area contributed by atoms with Crippen LogP contribution in [-0.4, -0.2) is 45.1 Å². The summed E-state index contributed by atoms with van der Waals surface area (Å²) in [7, 11) is 0. The molecule has 10 heteroatoms. The van der Waals surface area contributed by atoms with Crippen molar-refractivity contribution in [1.29, 1.82) is 0 Å². The van der Waals surface area contributed by atoms with Gasteiger partial charge in [-0.1, -0.05) is 23.7 Å². The molecule has 0 bridgehead atoms. The summed E-state index contributed by atoms with van der Waals surface area (Å²) in [5.41, 5.74) is 9.48. The number of amides is 1. The van der Waals surface area contributed by atoms with Gasteiger partial charge in [-0.3, -0.25) is 9.79 Å². The van der Waals surface area contributed by atoms with Crippen LogP contribution in [0.5, 0.6) is 0 Å². The highest BCUT2D eigenvalue weighted by Gasteiger charge is 2.30. The summed E-state index contributed by atoms with van der Waals surface area (Å²) < 4.78 is 29.6. The number of benzene rings is 3. The standard InChI is InChI=1S/C31H27ClF2N6O/c1-31(35)12-3-13-40(17-31)29(41)18-6-9-21(10-7-18)38-30-37-16-19-15-36-28(26-24(33)4-2-5-25(26)34)23-14-20(32)8-11-22(23)27(19)39-30/h2,4-11,14,16H,3,12-13,15,17,35H2,1H3,(H,37,38,39). The number of nitrogens with zero attached hydrogens (tertiary/aromatic N) is 4. The molecule has 4 aromatic rings. The molecular weight excluding hydrogens is 546 g/mol. The molecule has 1 saturated heterocycles. The maximum atomic E-state index is 14.8. The highest BCUT2D eigenvalue weighted by molar-refractivity contribution is 6.31. The second-order valence-electron chi connectivity index (χ2n) is 10.7. The largest absolute Gasteiger partial charge is 0.337 e. The monoisotopic (exact) mass is 572 g/mol. The molecule has 0 radical (unpaired) electrons. The van der Waals surface area contributed by atoms with Crippen LogP contribution in [0.4, 0.5) is 20.4 Å². The molecule has 0 saturated carbocycles. The highest BCUT2D eigenvalue weighted by Crippen LogP contribution is 2.35. The van der Waals surface area contributed by atoms with Gasteiger partial charge in [0.2, 0.25) is 5.95 Å². The summed E-state index contributed by atoms with van der Waals surface area (Å²) in [6.07, 6.45) is 3.42. The van der Waals surface area contributed by atoms with Gasteiger partial charge in [0, 0.05) is 57.8 Å². The van der Waals surface area contributed by atoms with Crippen LogP contribution < -0.4 is 11.1 Å². The van der Waals surface area contributed by atoms with Crippen LogP contribution >= 0.6 is 11.6 Å². The topological polar surface area (TPSA) is 96.5 Å². The molecule has 2 aliphatic rings. The molecule has 1 aromatic heterocycles. The zero-order valence-electron chi connectivity index (χ0n) is 22.3. The Bertz CT molecular complexity index is 1670. The number of carbonyl (C=O) groups is 1. The molecule has 3 N–H and O–H groups in total. The molecule has 3 heterocycles. The lowest BCUT2D eigenvalue weighted by molar-refractivity contribution is 0.0657. The first kappa shape index (κ1) is 27.0. The van der Waals surface area contributed by atoms with Crippen LogP contribution in [0.1, 0.15) is 46.8 Å². The number of aromatic nitrogens is 2. The number of aliphatic imine (C=N–C) groups is 1. The molecule has 6 rings (SSSR count). The normalized spacial score (nSPS) is 18.2. The zero-order chi connectivity index (χ0) is 28.7. The summed E-state index contributed by atoms with van der Waals surface area (Å²) in [6, 6.07) is 15.9. The number of hydrogen-bond donors (Lipinski definition) is 2. The van der Waals surface area contributed by atoms with Gasteiger partial charge in [0.15, 0.2) is 0 Å². The summed E-state index contributed by atoms with van der Waals surface area (Å²) in [4.78, 5) is 28.6. The van der Waals surface area contributed by atoms with Gasteiger partial charge in [-0.2, -0.15) is 0 Å². The van der Waals surface area contributed by atoms with E-state index in [4.69, 9.17) is 22.3 Å². The van der Waals surface area contributed by atoms with Crippen LogP contribution in [0.25, 0.3) is 11.3 Å². The molecule has 1 unspecified atom stereocenters. The van der Waals surface area contributed by atoms with E-state index >= 15 is 0 Å². The fraction of sp³-hybridized carbons (Fsp3) is 0.226. The Labute approximate surface area is 241 Å². The number of anilines is 2. The van der Waals surface area contributed by atoms with Gasteiger partial charge in [0.1, 0.15) is 11.6 Å². The molecule has 1 fully saturated rings. The van der Waals surface area contributed by atoms with Crippen molar-refractivity contribution in [2.45, 2.75) is 31.8 Å². The van der Waals surface area contributed by atoms with Crippen LogP contribution in [-0.2, 0) is 6.54 Å². The van der Waals surface area contributed by atoms with Crippen LogP contribution in [0.2, 0.25) is 5.02 Å². The Balaban J connectivity index is 1.29. The average molecular weight is 573 g/mol. The van der Waals surface area contributed by atoms with Crippen LogP contribution in [0.3, 0.4) is 0 Å². The summed E-state index contributed by atoms with van der Waals surface area (Å²) in [6.45, 7) is 3.31. The number of piperidine rings is 1. The fourth-order valence-corrected chi connectivity index (χ4v) is 5.54. The second kappa shape index (κ2) is 10.6. The number of carbonyl (C=O) groups excluding carboxylic acids is 1. The van der Waals surface area contributed by atoms with Crippen LogP contribution in [0, 0.1) is 11.6 Å². The average Bonchev–Trinajstić information content (AvgIpc) is 3.09. The number of fused-ring (bicyclic) bond motifs is 3. The lowest BCUT2D eigenvalue weighted by Gasteiger charge is -2.37. The minimum atomic E-state index is -0.715. The molecule has 208 valence electrons. The van der Waals surface area contributed by atoms with Crippen molar-refractivity contribution >= 4 is 34.9 Å². The minimum absolute atomic E-state index is 0.0495. The van der Waals surface area contributed by atoms with Crippen molar-refractivity contribution < 1.29 is 13.6 Å². The molecule has 3 aromatic carbocycles. The van der Waals surface area contributed by atoms with E-state index in [1.165, 1.54) is 18.2 Å². The molecular formula is C31H27ClF2N6O. The predicted octanol–water partition coefficient (Wildman–Crippen LogP) is 6.12. The third kappa shape index (κ3) is 5.42. The Morgan fingerprint density at radius 2 is 1.83 bits per heavy atom. The van der Waals surface area contributed by atoms with E-state index in [1.807, 2.05) is 6.92 Å². The lowest BCUT2D eigenvalue weighted by atomic mass is 9.92. The maximum absolute atomic E-state index is 14.8. The molecule has 0 spiro atoms. The van der Waals surface area contributed by atoms with Crippen molar-refractivity contribution in [2.75, 3.05) is 18.4 Å². The number of likely N-dealkylation sites (tertiary alicyclic amines) is 1. The molecule has 2 aliphatic heterocycles. The number of nitrogens with two attached hydrogens (primary N) is 1. The highest BCUT2D eigenvalue weighted by atomic mass is 35.5. The van der Waals surface area contributed by atoms with Crippen molar-refractivity contribution in [2.24, 2.45) is 10.7 Å². The maximum Gasteiger partial charge on any atom is 0.253 e. The van der Waals surface area contributed by atoms with Gasteiger partial charge in [-0.15, -0.1) is 0 Å². The number of halogens is 3. The van der Waals surface area contributed by atoms with Gasteiger partial charge in [-0.05, 0) is 68.3 Å². The van der Waals surface area contributed by atoms with E-state index < -0.39 is 11.6 Å². The molecule has 41 heavy (non-hydrogen) atoms. The van der Waals surface area contributed by atoms with E-state index in [0.29, 0.717) is 57.7 Å². The first-order valence-electron chi connectivity index (χ1n) is 13.3. The van der Waals surface area contributed by atoms with Crippen LogP contribution in [0.15, 0.2) is 71.9 Å². The zero-order valence-corrected chi connectivity index (χ0v) is 23.1. The van der Waals surface area contributed by atoms with E-state index in [0.717, 1.165) is 12.8 Å². The van der Waals surface area contributed by atoms with Crippen molar-refractivity contribution in [3.05, 3.63) is 106 Å². The molecule has 1 amide bonds. The van der Waals surface area contributed by atoms with E-state index in [9.17, 15) is 13.6 Å². The van der Waals surface area contributed by atoms with E-state index in [1.54, 1.807) is 53.6 Å². The quantitative estimate of drug-likeness (QED) is 0.307. The molecule has 1 atom stereocenters. The van der Waals surface area contributed by atoms with Gasteiger partial charge in [0.05, 0.1) is 23.5 Å². The molecule has 0 aliphatic carbocycles. The minimum Gasteiger partial charge on any atom is -0.337 e. The Kier molecular flexibility index (Phi) is 7.01. The van der Waals surface area contributed by atoms with Crippen molar-refractivity contribution in [1.82, 2.24) is 14.9 Å². The van der Waals surface area contributed by atoms with E-state index in [2.05, 4.69) is 15.3 Å². The number of nitrogens with one attached hydrogen (secondary N) is 1. The number of hydrogen-bond acceptors (Lipinski definition) is 6. The van der Waals surface area contributed by atoms with Crippen molar-refractivity contribution in [3.8, 4) is 11.3 Å². The SMILES string of the molecule is CC1(N)CCCN(C(=O)c2ccc(Nc3ncc4c(n3)-c3ccc(Cl)cc3C(c3c(F)cccc3F)=NC4)cc2)C1. The number of rotatable bonds is 4. The lowest BCUT2D eigenvalue weighted by Crippen LogP contribution is -2.53.